The molecule has 1 unspecified atom stereocenters. The van der Waals surface area contributed by atoms with Crippen LogP contribution in [0.1, 0.15) is 31.4 Å². The molecule has 1 aromatic carbocycles. The van der Waals surface area contributed by atoms with Crippen LogP contribution in [0.4, 0.5) is 0 Å². The maximum Gasteiger partial charge on any atom is 0.157 e. The first-order valence-electron chi connectivity index (χ1n) is 5.89. The van der Waals surface area contributed by atoms with E-state index < -0.39 is 0 Å². The topological polar surface area (TPSA) is 24.4 Å². The van der Waals surface area contributed by atoms with E-state index in [0.717, 1.165) is 17.5 Å². The van der Waals surface area contributed by atoms with E-state index in [9.17, 15) is 0 Å². The van der Waals surface area contributed by atoms with Gasteiger partial charge in [0.1, 0.15) is 0 Å². The van der Waals surface area contributed by atoms with Crippen LogP contribution in [0.25, 0.3) is 0 Å². The standard InChI is InChI=1S/C13H18N2S/c1-2-3-9-14-13-15-12(10-16-13)11-7-5-4-6-8-11/h4-8,12H,2-3,9-10H2,1H3,(H,14,15). The number of rotatable bonds is 4. The quantitative estimate of drug-likeness (QED) is 0.809. The molecule has 2 nitrogen and oxygen atoms in total. The fourth-order valence-electron chi connectivity index (χ4n) is 1.69. The summed E-state index contributed by atoms with van der Waals surface area (Å²) in [6, 6.07) is 11.0. The first kappa shape index (κ1) is 11.5. The number of amidine groups is 1. The van der Waals surface area contributed by atoms with E-state index in [1.807, 2.05) is 11.8 Å². The van der Waals surface area contributed by atoms with E-state index in [1.165, 1.54) is 18.4 Å². The summed E-state index contributed by atoms with van der Waals surface area (Å²) in [6.07, 6.45) is 2.39. The third-order valence-electron chi connectivity index (χ3n) is 2.65. The zero-order chi connectivity index (χ0) is 11.2. The van der Waals surface area contributed by atoms with Crippen LogP contribution < -0.4 is 5.32 Å². The van der Waals surface area contributed by atoms with Crippen molar-refractivity contribution in [1.82, 2.24) is 5.32 Å². The van der Waals surface area contributed by atoms with Gasteiger partial charge in [-0.15, -0.1) is 0 Å². The van der Waals surface area contributed by atoms with Crippen LogP contribution in [-0.2, 0) is 0 Å². The zero-order valence-corrected chi connectivity index (χ0v) is 10.5. The molecule has 1 aliphatic rings. The normalized spacial score (nSPS) is 22.3. The molecule has 3 heteroatoms. The Hall–Kier alpha value is -0.960. The van der Waals surface area contributed by atoms with Gasteiger partial charge in [-0.1, -0.05) is 55.4 Å². The Balaban J connectivity index is 1.91. The minimum Gasteiger partial charge on any atom is -0.357 e. The summed E-state index contributed by atoms with van der Waals surface area (Å²) >= 11 is 1.83. The molecule has 1 N–H and O–H groups in total. The number of aliphatic imine (C=N–C) groups is 1. The summed E-state index contributed by atoms with van der Waals surface area (Å²) < 4.78 is 0. The molecule has 0 aromatic heterocycles. The first-order valence-corrected chi connectivity index (χ1v) is 6.87. The van der Waals surface area contributed by atoms with Crippen LogP contribution >= 0.6 is 11.8 Å². The number of nitrogens with one attached hydrogen (secondary N) is 1. The highest BCUT2D eigenvalue weighted by atomic mass is 32.2. The van der Waals surface area contributed by atoms with Gasteiger partial charge in [-0.25, -0.2) is 0 Å². The van der Waals surface area contributed by atoms with E-state index in [0.29, 0.717) is 6.04 Å². The predicted octanol–water partition coefficient (Wildman–Crippen LogP) is 3.22. The maximum absolute atomic E-state index is 4.56. The minimum absolute atomic E-state index is 0.437. The number of hydrogen-bond acceptors (Lipinski definition) is 2. The van der Waals surface area contributed by atoms with Gasteiger partial charge < -0.3 is 5.32 Å². The maximum atomic E-state index is 4.56. The third kappa shape index (κ3) is 3.01. The lowest BCUT2D eigenvalue weighted by Gasteiger charge is -2.09. The Morgan fingerprint density at radius 2 is 2.19 bits per heavy atom. The molecule has 2 rings (SSSR count). The molecule has 1 aliphatic heterocycles. The fourth-order valence-corrected chi connectivity index (χ4v) is 2.70. The molecular formula is C13H18N2S. The molecule has 0 bridgehead atoms. The van der Waals surface area contributed by atoms with Gasteiger partial charge in [0.15, 0.2) is 5.17 Å². The van der Waals surface area contributed by atoms with Gasteiger partial charge in [0.25, 0.3) is 0 Å². The Morgan fingerprint density at radius 1 is 1.38 bits per heavy atom. The number of unbranched alkanes of at least 4 members (excludes halogenated alkanes) is 1. The van der Waals surface area contributed by atoms with Crippen molar-refractivity contribution in [3.05, 3.63) is 35.9 Å². The van der Waals surface area contributed by atoms with Crippen LogP contribution in [0.15, 0.2) is 35.3 Å². The van der Waals surface area contributed by atoms with Crippen LogP contribution in [0, 0.1) is 0 Å². The molecule has 0 radical (unpaired) electrons. The van der Waals surface area contributed by atoms with Crippen molar-refractivity contribution >= 4 is 16.9 Å². The lowest BCUT2D eigenvalue weighted by atomic mass is 10.1. The highest BCUT2D eigenvalue weighted by Gasteiger charge is 2.20. The van der Waals surface area contributed by atoms with Crippen LogP contribution in [0.2, 0.25) is 0 Å². The van der Waals surface area contributed by atoms with Crippen molar-refractivity contribution < 1.29 is 0 Å². The van der Waals surface area contributed by atoms with Crippen molar-refractivity contribution in [2.75, 3.05) is 12.3 Å². The first-order chi connectivity index (χ1) is 7.90. The van der Waals surface area contributed by atoms with E-state index in [-0.39, 0.29) is 0 Å². The van der Waals surface area contributed by atoms with Crippen molar-refractivity contribution in [3.63, 3.8) is 0 Å². The van der Waals surface area contributed by atoms with Gasteiger partial charge in [-0.2, -0.15) is 0 Å². The summed E-state index contributed by atoms with van der Waals surface area (Å²) in [7, 11) is 0. The molecule has 0 spiro atoms. The van der Waals surface area contributed by atoms with E-state index in [4.69, 9.17) is 0 Å². The predicted molar refractivity (Wildman–Crippen MR) is 72.0 cm³/mol. The SMILES string of the molecule is CCCCN=C1NC(c2ccccc2)CS1. The van der Waals surface area contributed by atoms with Crippen molar-refractivity contribution in [3.8, 4) is 0 Å². The minimum atomic E-state index is 0.437. The molecule has 16 heavy (non-hydrogen) atoms. The number of nitrogens with zero attached hydrogens (tertiary/aromatic N) is 1. The number of thioether (sulfide) groups is 1. The smallest absolute Gasteiger partial charge is 0.157 e. The van der Waals surface area contributed by atoms with E-state index in [2.05, 4.69) is 47.6 Å². The molecule has 1 atom stereocenters. The second-order valence-corrected chi connectivity index (χ2v) is 4.97. The average Bonchev–Trinajstić information content (AvgIpc) is 2.79. The monoisotopic (exact) mass is 234 g/mol. The highest BCUT2D eigenvalue weighted by Crippen LogP contribution is 2.25. The largest absolute Gasteiger partial charge is 0.357 e. The van der Waals surface area contributed by atoms with Crippen molar-refractivity contribution in [2.45, 2.75) is 25.8 Å². The fraction of sp³-hybridized carbons (Fsp3) is 0.462. The van der Waals surface area contributed by atoms with Gasteiger partial charge in [-0.05, 0) is 12.0 Å². The molecule has 1 saturated heterocycles. The van der Waals surface area contributed by atoms with Crippen molar-refractivity contribution in [2.24, 2.45) is 4.99 Å². The molecule has 1 aromatic rings. The highest BCUT2D eigenvalue weighted by molar-refractivity contribution is 8.14. The summed E-state index contributed by atoms with van der Waals surface area (Å²) in [5.41, 5.74) is 1.36. The van der Waals surface area contributed by atoms with Gasteiger partial charge in [0, 0.05) is 12.3 Å². The molecular weight excluding hydrogens is 216 g/mol. The Labute approximate surface area is 102 Å². The second-order valence-electron chi connectivity index (χ2n) is 3.96. The number of benzene rings is 1. The van der Waals surface area contributed by atoms with Crippen molar-refractivity contribution in [1.29, 1.82) is 0 Å². The van der Waals surface area contributed by atoms with Gasteiger partial charge in [0.2, 0.25) is 0 Å². The Kier molecular flexibility index (Phi) is 4.28. The third-order valence-corrected chi connectivity index (χ3v) is 3.67. The molecule has 1 heterocycles. The molecule has 1 fully saturated rings. The zero-order valence-electron chi connectivity index (χ0n) is 9.65. The van der Waals surface area contributed by atoms with Gasteiger partial charge in [0.05, 0.1) is 6.04 Å². The number of hydrogen-bond donors (Lipinski definition) is 1. The lowest BCUT2D eigenvalue weighted by molar-refractivity contribution is 0.742. The van der Waals surface area contributed by atoms with E-state index >= 15 is 0 Å². The Morgan fingerprint density at radius 3 is 2.94 bits per heavy atom. The van der Waals surface area contributed by atoms with E-state index in [1.54, 1.807) is 0 Å². The summed E-state index contributed by atoms with van der Waals surface area (Å²) in [5.74, 6) is 1.09. The molecule has 0 saturated carbocycles. The molecule has 0 aliphatic carbocycles. The summed E-state index contributed by atoms with van der Waals surface area (Å²) in [6.45, 7) is 3.15. The van der Waals surface area contributed by atoms with Crippen LogP contribution in [-0.4, -0.2) is 17.5 Å². The summed E-state index contributed by atoms with van der Waals surface area (Å²) in [4.78, 5) is 4.56. The van der Waals surface area contributed by atoms with Gasteiger partial charge >= 0.3 is 0 Å². The molecule has 0 amide bonds. The van der Waals surface area contributed by atoms with Crippen LogP contribution in [0.5, 0.6) is 0 Å². The molecule has 86 valence electrons. The van der Waals surface area contributed by atoms with Gasteiger partial charge in [-0.3, -0.25) is 4.99 Å². The lowest BCUT2D eigenvalue weighted by Crippen LogP contribution is -2.19. The second kappa shape index (κ2) is 5.94. The summed E-state index contributed by atoms with van der Waals surface area (Å²) in [5, 5.41) is 4.59. The average molecular weight is 234 g/mol. The Bertz CT molecular complexity index is 348. The van der Waals surface area contributed by atoms with Crippen LogP contribution in [0.3, 0.4) is 0 Å².